The lowest BCUT2D eigenvalue weighted by Crippen LogP contribution is -2.17. The van der Waals surface area contributed by atoms with Crippen LogP contribution in [0.2, 0.25) is 5.15 Å². The highest BCUT2D eigenvalue weighted by Gasteiger charge is 2.29. The monoisotopic (exact) mass is 378 g/mol. The van der Waals surface area contributed by atoms with Crippen LogP contribution in [0.3, 0.4) is 0 Å². The molecule has 0 fully saturated rings. The van der Waals surface area contributed by atoms with Crippen LogP contribution in [0, 0.1) is 5.92 Å². The van der Waals surface area contributed by atoms with E-state index in [1.54, 1.807) is 19.1 Å². The number of pyridine rings is 1. The topological polar surface area (TPSA) is 68.3 Å². The van der Waals surface area contributed by atoms with Gasteiger partial charge in [-0.3, -0.25) is 4.79 Å². The van der Waals surface area contributed by atoms with Crippen molar-refractivity contribution in [1.82, 2.24) is 4.98 Å². The summed E-state index contributed by atoms with van der Waals surface area (Å²) >= 11 is 7.45. The van der Waals surface area contributed by atoms with Gasteiger partial charge in [-0.15, -0.1) is 11.3 Å². The summed E-state index contributed by atoms with van der Waals surface area (Å²) in [7, 11) is 0. The van der Waals surface area contributed by atoms with Crippen LogP contribution in [0.5, 0.6) is 0 Å². The molecule has 2 aromatic rings. The third-order valence-corrected chi connectivity index (χ3v) is 5.69. The smallest absolute Gasteiger partial charge is 0.341 e. The lowest BCUT2D eigenvalue weighted by atomic mass is 9.88. The van der Waals surface area contributed by atoms with Crippen molar-refractivity contribution in [2.24, 2.45) is 5.92 Å². The number of carbonyl (C=O) groups excluding carboxylic acids is 2. The molecule has 1 atom stereocenters. The van der Waals surface area contributed by atoms with Crippen LogP contribution < -0.4 is 5.32 Å². The summed E-state index contributed by atoms with van der Waals surface area (Å²) in [6, 6.07) is 3.25. The molecule has 132 valence electrons. The Balaban J connectivity index is 1.96. The molecule has 0 saturated carbocycles. The normalized spacial score (nSPS) is 16.2. The first-order valence-corrected chi connectivity index (χ1v) is 9.44. The molecule has 25 heavy (non-hydrogen) atoms. The summed E-state index contributed by atoms with van der Waals surface area (Å²) in [4.78, 5) is 30.1. The second-order valence-corrected chi connectivity index (χ2v) is 7.54. The Hall–Kier alpha value is -1.92. The molecular formula is C18H19ClN2O3S. The molecule has 0 unspecified atom stereocenters. The van der Waals surface area contributed by atoms with Crippen molar-refractivity contribution in [2.75, 3.05) is 11.9 Å². The van der Waals surface area contributed by atoms with E-state index in [4.69, 9.17) is 16.3 Å². The predicted molar refractivity (Wildman–Crippen MR) is 98.7 cm³/mol. The second kappa shape index (κ2) is 7.54. The molecule has 1 amide bonds. The third kappa shape index (κ3) is 3.70. The van der Waals surface area contributed by atoms with Crippen LogP contribution in [-0.4, -0.2) is 23.5 Å². The average Bonchev–Trinajstić information content (AvgIpc) is 2.92. The van der Waals surface area contributed by atoms with Gasteiger partial charge < -0.3 is 10.1 Å². The molecule has 2 aromatic heterocycles. The number of anilines is 1. The van der Waals surface area contributed by atoms with Gasteiger partial charge in [-0.1, -0.05) is 18.5 Å². The van der Waals surface area contributed by atoms with Crippen molar-refractivity contribution in [3.05, 3.63) is 45.1 Å². The SMILES string of the molecule is CCOC(=O)c1c(NC(=O)c2cccnc2Cl)sc2c1CC[C@@H](C)C2. The quantitative estimate of drug-likeness (QED) is 0.634. The number of rotatable bonds is 4. The number of thiophene rings is 1. The van der Waals surface area contributed by atoms with Crippen molar-refractivity contribution in [3.8, 4) is 0 Å². The lowest BCUT2D eigenvalue weighted by Gasteiger charge is -2.18. The highest BCUT2D eigenvalue weighted by molar-refractivity contribution is 7.17. The van der Waals surface area contributed by atoms with Crippen molar-refractivity contribution >= 4 is 39.8 Å². The summed E-state index contributed by atoms with van der Waals surface area (Å²) in [5, 5.41) is 3.50. The summed E-state index contributed by atoms with van der Waals surface area (Å²) in [5.74, 6) is -0.199. The van der Waals surface area contributed by atoms with Crippen molar-refractivity contribution < 1.29 is 14.3 Å². The summed E-state index contributed by atoms with van der Waals surface area (Å²) in [6.07, 6.45) is 4.28. The number of hydrogen-bond donors (Lipinski definition) is 1. The largest absolute Gasteiger partial charge is 0.462 e. The van der Waals surface area contributed by atoms with Crippen LogP contribution in [0.15, 0.2) is 18.3 Å². The zero-order valence-corrected chi connectivity index (χ0v) is 15.7. The van der Waals surface area contributed by atoms with E-state index in [0.29, 0.717) is 23.1 Å². The number of esters is 1. The average molecular weight is 379 g/mol. The number of carbonyl (C=O) groups is 2. The van der Waals surface area contributed by atoms with Crippen LogP contribution in [0.25, 0.3) is 0 Å². The van der Waals surface area contributed by atoms with E-state index >= 15 is 0 Å². The van der Waals surface area contributed by atoms with Crippen LogP contribution in [0.1, 0.15) is 51.4 Å². The summed E-state index contributed by atoms with van der Waals surface area (Å²) in [5.41, 5.74) is 1.77. The standard InChI is InChI=1S/C18H19ClN2O3S/c1-3-24-18(23)14-11-7-6-10(2)9-13(11)25-17(14)21-16(22)12-5-4-8-20-15(12)19/h4-5,8,10H,3,6-7,9H2,1-2H3,(H,21,22)/t10-/m1/s1. The minimum Gasteiger partial charge on any atom is -0.462 e. The Kier molecular flexibility index (Phi) is 5.39. The van der Waals surface area contributed by atoms with Crippen molar-refractivity contribution in [2.45, 2.75) is 33.1 Å². The molecule has 3 rings (SSSR count). The fourth-order valence-electron chi connectivity index (χ4n) is 2.98. The maximum absolute atomic E-state index is 12.6. The minimum atomic E-state index is -0.387. The second-order valence-electron chi connectivity index (χ2n) is 6.07. The molecule has 0 aliphatic heterocycles. The van der Waals surface area contributed by atoms with E-state index in [-0.39, 0.29) is 22.6 Å². The maximum atomic E-state index is 12.6. The van der Waals surface area contributed by atoms with Gasteiger partial charge in [0, 0.05) is 11.1 Å². The van der Waals surface area contributed by atoms with Gasteiger partial charge in [0.05, 0.1) is 17.7 Å². The summed E-state index contributed by atoms with van der Waals surface area (Å²) < 4.78 is 5.21. The molecule has 1 aliphatic carbocycles. The predicted octanol–water partition coefficient (Wildman–Crippen LogP) is 4.35. The molecule has 5 nitrogen and oxygen atoms in total. The first kappa shape index (κ1) is 17.9. The van der Waals surface area contributed by atoms with Crippen LogP contribution in [0.4, 0.5) is 5.00 Å². The fraction of sp³-hybridized carbons (Fsp3) is 0.389. The first-order chi connectivity index (χ1) is 12.0. The highest BCUT2D eigenvalue weighted by atomic mass is 35.5. The minimum absolute atomic E-state index is 0.132. The van der Waals surface area contributed by atoms with Crippen LogP contribution in [-0.2, 0) is 17.6 Å². The highest BCUT2D eigenvalue weighted by Crippen LogP contribution is 2.40. The van der Waals surface area contributed by atoms with Gasteiger partial charge in [-0.25, -0.2) is 9.78 Å². The molecule has 0 radical (unpaired) electrons. The van der Waals surface area contributed by atoms with Gasteiger partial charge in [-0.05, 0) is 49.8 Å². The number of nitrogens with one attached hydrogen (secondary N) is 1. The van der Waals surface area contributed by atoms with Crippen molar-refractivity contribution in [1.29, 1.82) is 0 Å². The van der Waals surface area contributed by atoms with Gasteiger partial charge in [0.25, 0.3) is 5.91 Å². The van der Waals surface area contributed by atoms with E-state index in [1.165, 1.54) is 17.5 Å². The molecule has 0 saturated heterocycles. The number of ether oxygens (including phenoxy) is 1. The maximum Gasteiger partial charge on any atom is 0.341 e. The van der Waals surface area contributed by atoms with E-state index in [1.807, 2.05) is 0 Å². The molecule has 0 aromatic carbocycles. The van der Waals surface area contributed by atoms with E-state index < -0.39 is 0 Å². The molecular weight excluding hydrogens is 360 g/mol. The zero-order chi connectivity index (χ0) is 18.0. The molecule has 1 aliphatic rings. The number of nitrogens with zero attached hydrogens (tertiary/aromatic N) is 1. The molecule has 2 heterocycles. The third-order valence-electron chi connectivity index (χ3n) is 4.22. The van der Waals surface area contributed by atoms with E-state index in [9.17, 15) is 9.59 Å². The molecule has 7 heteroatoms. The van der Waals surface area contributed by atoms with Gasteiger partial charge >= 0.3 is 5.97 Å². The lowest BCUT2D eigenvalue weighted by molar-refractivity contribution is 0.0526. The number of hydrogen-bond acceptors (Lipinski definition) is 5. The van der Waals surface area contributed by atoms with E-state index in [2.05, 4.69) is 17.2 Å². The van der Waals surface area contributed by atoms with Gasteiger partial charge in [0.1, 0.15) is 10.2 Å². The Morgan fingerprint density at radius 3 is 3.00 bits per heavy atom. The molecule has 1 N–H and O–H groups in total. The Morgan fingerprint density at radius 1 is 1.48 bits per heavy atom. The van der Waals surface area contributed by atoms with Crippen molar-refractivity contribution in [3.63, 3.8) is 0 Å². The Morgan fingerprint density at radius 2 is 2.28 bits per heavy atom. The number of halogens is 1. The number of fused-ring (bicyclic) bond motifs is 1. The fourth-order valence-corrected chi connectivity index (χ4v) is 4.58. The first-order valence-electron chi connectivity index (χ1n) is 8.24. The Bertz CT molecular complexity index is 819. The van der Waals surface area contributed by atoms with Gasteiger partial charge in [0.15, 0.2) is 0 Å². The van der Waals surface area contributed by atoms with Gasteiger partial charge in [-0.2, -0.15) is 0 Å². The molecule has 0 spiro atoms. The van der Waals surface area contributed by atoms with Crippen LogP contribution >= 0.6 is 22.9 Å². The molecule has 0 bridgehead atoms. The number of amides is 1. The Labute approximate surface area is 155 Å². The summed E-state index contributed by atoms with van der Waals surface area (Å²) in [6.45, 7) is 4.26. The van der Waals surface area contributed by atoms with Gasteiger partial charge in [0.2, 0.25) is 0 Å². The van der Waals surface area contributed by atoms with E-state index in [0.717, 1.165) is 29.7 Å². The number of aromatic nitrogens is 1. The zero-order valence-electron chi connectivity index (χ0n) is 14.1.